The van der Waals surface area contributed by atoms with Gasteiger partial charge in [0.1, 0.15) is 5.82 Å². The molecule has 0 bridgehead atoms. The summed E-state index contributed by atoms with van der Waals surface area (Å²) in [4.78, 5) is 0. The zero-order valence-electron chi connectivity index (χ0n) is 9.47. The summed E-state index contributed by atoms with van der Waals surface area (Å²) in [7, 11) is 0. The number of para-hydroxylation sites is 1. The van der Waals surface area contributed by atoms with Gasteiger partial charge in [0.15, 0.2) is 4.77 Å². The molecule has 0 radical (unpaired) electrons. The Hall–Kier alpha value is -1.42. The molecule has 0 atom stereocenters. The molecule has 16 heavy (non-hydrogen) atoms. The van der Waals surface area contributed by atoms with Gasteiger partial charge in [-0.1, -0.05) is 32.0 Å². The van der Waals surface area contributed by atoms with Crippen LogP contribution in [0.25, 0.3) is 5.69 Å². The summed E-state index contributed by atoms with van der Waals surface area (Å²) >= 11 is 5.25. The fourth-order valence-electron chi connectivity index (χ4n) is 1.67. The van der Waals surface area contributed by atoms with E-state index in [2.05, 4.69) is 24.0 Å². The van der Waals surface area contributed by atoms with E-state index in [4.69, 9.17) is 12.2 Å². The van der Waals surface area contributed by atoms with Crippen LogP contribution < -0.4 is 0 Å². The Morgan fingerprint density at radius 1 is 1.31 bits per heavy atom. The van der Waals surface area contributed by atoms with Crippen LogP contribution in [-0.2, 0) is 6.42 Å². The lowest BCUT2D eigenvalue weighted by Crippen LogP contribution is -2.05. The normalized spacial score (nSPS) is 10.9. The third-order valence-corrected chi connectivity index (χ3v) is 2.62. The maximum absolute atomic E-state index is 5.25. The van der Waals surface area contributed by atoms with Crippen molar-refractivity contribution in [2.75, 3.05) is 0 Å². The highest BCUT2D eigenvalue weighted by molar-refractivity contribution is 7.71. The lowest BCUT2D eigenvalue weighted by Gasteiger charge is -2.07. The monoisotopic (exact) mass is 233 g/mol. The van der Waals surface area contributed by atoms with Gasteiger partial charge in [0.2, 0.25) is 0 Å². The van der Waals surface area contributed by atoms with Crippen LogP contribution in [0.5, 0.6) is 0 Å². The molecule has 0 unspecified atom stereocenters. The second-order valence-electron chi connectivity index (χ2n) is 4.21. The molecule has 0 fully saturated rings. The average Bonchev–Trinajstić information content (AvgIpc) is 2.60. The fraction of sp³-hybridized carbons (Fsp3) is 0.333. The molecule has 1 heterocycles. The van der Waals surface area contributed by atoms with Crippen molar-refractivity contribution in [3.8, 4) is 5.69 Å². The molecule has 1 N–H and O–H groups in total. The number of nitrogens with zero attached hydrogens (tertiary/aromatic N) is 2. The first-order valence-corrected chi connectivity index (χ1v) is 5.81. The van der Waals surface area contributed by atoms with Crippen molar-refractivity contribution < 1.29 is 0 Å². The van der Waals surface area contributed by atoms with Gasteiger partial charge in [-0.2, -0.15) is 5.10 Å². The summed E-state index contributed by atoms with van der Waals surface area (Å²) in [5.41, 5.74) is 1.07. The van der Waals surface area contributed by atoms with E-state index < -0.39 is 0 Å². The SMILES string of the molecule is CC(C)Cc1n[nH]c(=S)n1-c1ccccc1. The van der Waals surface area contributed by atoms with Crippen LogP contribution in [0.3, 0.4) is 0 Å². The number of nitrogens with one attached hydrogen (secondary N) is 1. The van der Waals surface area contributed by atoms with E-state index in [1.807, 2.05) is 34.9 Å². The van der Waals surface area contributed by atoms with Crippen molar-refractivity contribution in [3.05, 3.63) is 40.9 Å². The minimum atomic E-state index is 0.563. The zero-order valence-corrected chi connectivity index (χ0v) is 10.3. The molecular weight excluding hydrogens is 218 g/mol. The molecule has 4 heteroatoms. The molecule has 0 spiro atoms. The third-order valence-electron chi connectivity index (χ3n) is 2.35. The number of benzene rings is 1. The van der Waals surface area contributed by atoms with Crippen LogP contribution in [0.15, 0.2) is 30.3 Å². The van der Waals surface area contributed by atoms with E-state index in [9.17, 15) is 0 Å². The highest BCUT2D eigenvalue weighted by Gasteiger charge is 2.09. The maximum Gasteiger partial charge on any atom is 0.199 e. The predicted octanol–water partition coefficient (Wildman–Crippen LogP) is 3.13. The van der Waals surface area contributed by atoms with Crippen LogP contribution in [0.4, 0.5) is 0 Å². The number of rotatable bonds is 3. The molecule has 1 aromatic heterocycles. The van der Waals surface area contributed by atoms with Crippen molar-refractivity contribution in [2.24, 2.45) is 5.92 Å². The van der Waals surface area contributed by atoms with Crippen LogP contribution >= 0.6 is 12.2 Å². The van der Waals surface area contributed by atoms with Crippen LogP contribution in [0.1, 0.15) is 19.7 Å². The molecule has 2 aromatic rings. The Morgan fingerprint density at radius 2 is 2.00 bits per heavy atom. The third kappa shape index (κ3) is 2.22. The Kier molecular flexibility index (Phi) is 3.19. The van der Waals surface area contributed by atoms with E-state index in [1.54, 1.807) is 0 Å². The largest absolute Gasteiger partial charge is 0.272 e. The molecule has 0 aliphatic rings. The Balaban J connectivity index is 2.48. The van der Waals surface area contributed by atoms with Gasteiger partial charge >= 0.3 is 0 Å². The molecule has 84 valence electrons. The molecule has 0 amide bonds. The molecule has 0 saturated carbocycles. The summed E-state index contributed by atoms with van der Waals surface area (Å²) in [6.07, 6.45) is 0.919. The Morgan fingerprint density at radius 3 is 2.62 bits per heavy atom. The standard InChI is InChI=1S/C12H15N3S/c1-9(2)8-11-13-14-12(16)15(11)10-6-4-3-5-7-10/h3-7,9H,8H2,1-2H3,(H,14,16). The number of aromatic nitrogens is 3. The maximum atomic E-state index is 5.25. The van der Waals surface area contributed by atoms with Crippen LogP contribution in [0, 0.1) is 10.7 Å². The molecule has 0 saturated heterocycles. The second kappa shape index (κ2) is 4.61. The minimum Gasteiger partial charge on any atom is -0.272 e. The van der Waals surface area contributed by atoms with Crippen molar-refractivity contribution in [2.45, 2.75) is 20.3 Å². The Bertz CT molecular complexity index is 511. The molecular formula is C12H15N3S. The van der Waals surface area contributed by atoms with Crippen molar-refractivity contribution in [1.82, 2.24) is 14.8 Å². The minimum absolute atomic E-state index is 0.563. The zero-order chi connectivity index (χ0) is 11.5. The van der Waals surface area contributed by atoms with E-state index in [0.29, 0.717) is 10.7 Å². The van der Waals surface area contributed by atoms with Crippen LogP contribution in [-0.4, -0.2) is 14.8 Å². The topological polar surface area (TPSA) is 33.6 Å². The van der Waals surface area contributed by atoms with Gasteiger partial charge in [-0.05, 0) is 30.3 Å². The van der Waals surface area contributed by atoms with E-state index in [-0.39, 0.29) is 0 Å². The molecule has 2 rings (SSSR count). The highest BCUT2D eigenvalue weighted by atomic mass is 32.1. The summed E-state index contributed by atoms with van der Waals surface area (Å²) in [5, 5.41) is 7.13. The highest BCUT2D eigenvalue weighted by Crippen LogP contribution is 2.13. The molecule has 0 aliphatic heterocycles. The number of H-pyrrole nitrogens is 1. The summed E-state index contributed by atoms with van der Waals surface area (Å²) < 4.78 is 2.65. The first kappa shape index (κ1) is 11.1. The number of hydrogen-bond donors (Lipinski definition) is 1. The van der Waals surface area contributed by atoms with Crippen molar-refractivity contribution in [3.63, 3.8) is 0 Å². The quantitative estimate of drug-likeness (QED) is 0.826. The molecule has 0 aliphatic carbocycles. The average molecular weight is 233 g/mol. The fourth-order valence-corrected chi connectivity index (χ4v) is 1.93. The lowest BCUT2D eigenvalue weighted by atomic mass is 10.1. The van der Waals surface area contributed by atoms with E-state index in [0.717, 1.165) is 17.9 Å². The van der Waals surface area contributed by atoms with Gasteiger partial charge in [-0.15, -0.1) is 0 Å². The summed E-state index contributed by atoms with van der Waals surface area (Å²) in [6, 6.07) is 10.1. The van der Waals surface area contributed by atoms with Gasteiger partial charge < -0.3 is 0 Å². The summed E-state index contributed by atoms with van der Waals surface area (Å²) in [5.74, 6) is 1.55. The van der Waals surface area contributed by atoms with Gasteiger partial charge in [-0.25, -0.2) is 0 Å². The first-order valence-electron chi connectivity index (χ1n) is 5.40. The van der Waals surface area contributed by atoms with E-state index >= 15 is 0 Å². The van der Waals surface area contributed by atoms with Crippen molar-refractivity contribution in [1.29, 1.82) is 0 Å². The van der Waals surface area contributed by atoms with Gasteiger partial charge in [0.25, 0.3) is 0 Å². The van der Waals surface area contributed by atoms with E-state index in [1.165, 1.54) is 0 Å². The van der Waals surface area contributed by atoms with Crippen LogP contribution in [0.2, 0.25) is 0 Å². The number of aromatic amines is 1. The van der Waals surface area contributed by atoms with Gasteiger partial charge in [0, 0.05) is 12.1 Å². The predicted molar refractivity (Wildman–Crippen MR) is 67.3 cm³/mol. The molecule has 3 nitrogen and oxygen atoms in total. The number of hydrogen-bond acceptors (Lipinski definition) is 2. The lowest BCUT2D eigenvalue weighted by molar-refractivity contribution is 0.611. The van der Waals surface area contributed by atoms with Gasteiger partial charge in [-0.3, -0.25) is 9.67 Å². The Labute approximate surface area is 100 Å². The van der Waals surface area contributed by atoms with Gasteiger partial charge in [0.05, 0.1) is 0 Å². The van der Waals surface area contributed by atoms with Crippen molar-refractivity contribution >= 4 is 12.2 Å². The first-order chi connectivity index (χ1) is 7.68. The smallest absolute Gasteiger partial charge is 0.199 e. The summed E-state index contributed by atoms with van der Waals surface area (Å²) in [6.45, 7) is 4.35. The molecule has 1 aromatic carbocycles. The second-order valence-corrected chi connectivity index (χ2v) is 4.60.